The molecule has 1 saturated heterocycles. The molecule has 0 radical (unpaired) electrons. The Kier molecular flexibility index (Phi) is 4.92. The molecule has 0 amide bonds. The van der Waals surface area contributed by atoms with Crippen LogP contribution < -0.4 is 4.90 Å². The highest BCUT2D eigenvalue weighted by Gasteiger charge is 2.22. The van der Waals surface area contributed by atoms with Gasteiger partial charge in [-0.15, -0.1) is 5.10 Å². The number of rotatable bonds is 6. The number of aromatic nitrogens is 5. The number of anilines is 1. The fraction of sp³-hybridized carbons (Fsp3) is 0.571. The quantitative estimate of drug-likeness (QED) is 0.738. The summed E-state index contributed by atoms with van der Waals surface area (Å²) in [6.45, 7) is 5.25. The van der Waals surface area contributed by atoms with Crippen molar-refractivity contribution >= 4 is 5.82 Å². The first-order valence-corrected chi connectivity index (χ1v) is 7.46. The van der Waals surface area contributed by atoms with Crippen LogP contribution in [-0.4, -0.2) is 75.8 Å². The summed E-state index contributed by atoms with van der Waals surface area (Å²) in [7, 11) is 2.02. The van der Waals surface area contributed by atoms with Gasteiger partial charge in [-0.3, -0.25) is 9.58 Å². The van der Waals surface area contributed by atoms with Crippen LogP contribution in [-0.2, 0) is 11.3 Å². The maximum Gasteiger partial charge on any atom is 0.151 e. The molecule has 0 aliphatic carbocycles. The van der Waals surface area contributed by atoms with Crippen molar-refractivity contribution in [2.24, 2.45) is 0 Å². The van der Waals surface area contributed by atoms with Crippen molar-refractivity contribution in [3.8, 4) is 0 Å². The molecular weight excluding hydrogens is 282 g/mol. The van der Waals surface area contributed by atoms with Crippen molar-refractivity contribution in [3.63, 3.8) is 0 Å². The molecule has 0 bridgehead atoms. The van der Waals surface area contributed by atoms with Gasteiger partial charge in [-0.1, -0.05) is 0 Å². The maximum absolute atomic E-state index is 5.87. The summed E-state index contributed by atoms with van der Waals surface area (Å²) >= 11 is 0. The van der Waals surface area contributed by atoms with E-state index in [0.29, 0.717) is 0 Å². The molecule has 1 fully saturated rings. The smallest absolute Gasteiger partial charge is 0.151 e. The maximum atomic E-state index is 5.87. The second kappa shape index (κ2) is 7.28. The Bertz CT molecular complexity index is 548. The molecule has 0 saturated carbocycles. The average Bonchev–Trinajstić information content (AvgIpc) is 3.08. The summed E-state index contributed by atoms with van der Waals surface area (Å²) in [6, 6.07) is 3.85. The molecule has 1 aliphatic heterocycles. The molecule has 118 valence electrons. The Morgan fingerprint density at radius 2 is 2.36 bits per heavy atom. The van der Waals surface area contributed by atoms with Crippen molar-refractivity contribution in [1.82, 2.24) is 29.9 Å². The van der Waals surface area contributed by atoms with E-state index in [1.54, 1.807) is 18.9 Å². The minimum atomic E-state index is 0.177. The minimum absolute atomic E-state index is 0.177. The summed E-state index contributed by atoms with van der Waals surface area (Å²) in [5.41, 5.74) is 0. The molecular formula is C14H21N7O. The Morgan fingerprint density at radius 1 is 1.41 bits per heavy atom. The van der Waals surface area contributed by atoms with Gasteiger partial charge in [0.15, 0.2) is 5.82 Å². The molecule has 3 heterocycles. The SMILES string of the molecule is CN(C[C@H]1CN(CCn2cncn2)CCO1)c1cccnn1. The Balaban J connectivity index is 1.48. The van der Waals surface area contributed by atoms with Crippen molar-refractivity contribution in [1.29, 1.82) is 0 Å². The van der Waals surface area contributed by atoms with Crippen LogP contribution >= 0.6 is 0 Å². The zero-order valence-electron chi connectivity index (χ0n) is 12.7. The fourth-order valence-electron chi connectivity index (χ4n) is 2.58. The lowest BCUT2D eigenvalue weighted by Crippen LogP contribution is -2.48. The Hall–Kier alpha value is -2.06. The van der Waals surface area contributed by atoms with Crippen molar-refractivity contribution in [3.05, 3.63) is 31.0 Å². The van der Waals surface area contributed by atoms with Gasteiger partial charge in [-0.25, -0.2) is 4.98 Å². The molecule has 8 nitrogen and oxygen atoms in total. The molecule has 2 aromatic heterocycles. The second-order valence-corrected chi connectivity index (χ2v) is 5.41. The topological polar surface area (TPSA) is 72.2 Å². The number of ether oxygens (including phenoxy) is 1. The van der Waals surface area contributed by atoms with E-state index in [2.05, 4.69) is 30.1 Å². The lowest BCUT2D eigenvalue weighted by molar-refractivity contribution is -0.0247. The zero-order chi connectivity index (χ0) is 15.2. The van der Waals surface area contributed by atoms with Crippen LogP contribution in [0.1, 0.15) is 0 Å². The predicted octanol–water partition coefficient (Wildman–Crippen LogP) is -0.0947. The van der Waals surface area contributed by atoms with E-state index in [1.807, 2.05) is 23.9 Å². The number of nitrogens with zero attached hydrogens (tertiary/aromatic N) is 7. The minimum Gasteiger partial charge on any atom is -0.374 e. The number of likely N-dealkylation sites (N-methyl/N-ethyl adjacent to an activating group) is 1. The van der Waals surface area contributed by atoms with E-state index in [4.69, 9.17) is 4.74 Å². The summed E-state index contributed by atoms with van der Waals surface area (Å²) < 4.78 is 7.73. The van der Waals surface area contributed by atoms with Crippen LogP contribution in [0.25, 0.3) is 0 Å². The van der Waals surface area contributed by atoms with Crippen LogP contribution in [0.15, 0.2) is 31.0 Å². The van der Waals surface area contributed by atoms with Gasteiger partial charge >= 0.3 is 0 Å². The number of hydrogen-bond acceptors (Lipinski definition) is 7. The predicted molar refractivity (Wildman–Crippen MR) is 81.5 cm³/mol. The van der Waals surface area contributed by atoms with Gasteiger partial charge in [0.2, 0.25) is 0 Å². The third-order valence-corrected chi connectivity index (χ3v) is 3.76. The van der Waals surface area contributed by atoms with Crippen LogP contribution in [0.2, 0.25) is 0 Å². The first kappa shape index (κ1) is 14.9. The van der Waals surface area contributed by atoms with E-state index in [-0.39, 0.29) is 6.10 Å². The van der Waals surface area contributed by atoms with Crippen LogP contribution in [0.4, 0.5) is 5.82 Å². The van der Waals surface area contributed by atoms with E-state index < -0.39 is 0 Å². The van der Waals surface area contributed by atoms with Gasteiger partial charge in [0, 0.05) is 39.4 Å². The van der Waals surface area contributed by atoms with E-state index in [0.717, 1.165) is 45.1 Å². The summed E-state index contributed by atoms with van der Waals surface area (Å²) in [5.74, 6) is 0.867. The highest BCUT2D eigenvalue weighted by molar-refractivity contribution is 5.35. The average molecular weight is 303 g/mol. The molecule has 0 N–H and O–H groups in total. The summed E-state index contributed by atoms with van der Waals surface area (Å²) in [4.78, 5) is 8.45. The third kappa shape index (κ3) is 3.99. The summed E-state index contributed by atoms with van der Waals surface area (Å²) in [5, 5.41) is 12.2. The van der Waals surface area contributed by atoms with Gasteiger partial charge in [0.1, 0.15) is 12.7 Å². The number of hydrogen-bond donors (Lipinski definition) is 0. The molecule has 3 rings (SSSR count). The van der Waals surface area contributed by atoms with E-state index in [1.165, 1.54) is 0 Å². The van der Waals surface area contributed by atoms with Crippen molar-refractivity contribution in [2.45, 2.75) is 12.6 Å². The highest BCUT2D eigenvalue weighted by Crippen LogP contribution is 2.11. The molecule has 22 heavy (non-hydrogen) atoms. The zero-order valence-corrected chi connectivity index (χ0v) is 12.7. The van der Waals surface area contributed by atoms with Gasteiger partial charge in [-0.2, -0.15) is 10.2 Å². The molecule has 8 heteroatoms. The molecule has 1 aliphatic rings. The Morgan fingerprint density at radius 3 is 3.14 bits per heavy atom. The van der Waals surface area contributed by atoms with E-state index in [9.17, 15) is 0 Å². The van der Waals surface area contributed by atoms with E-state index >= 15 is 0 Å². The Labute approximate surface area is 129 Å². The van der Waals surface area contributed by atoms with Gasteiger partial charge in [0.25, 0.3) is 0 Å². The molecule has 0 spiro atoms. The molecule has 2 aromatic rings. The third-order valence-electron chi connectivity index (χ3n) is 3.76. The van der Waals surface area contributed by atoms with Crippen molar-refractivity contribution < 1.29 is 4.74 Å². The normalized spacial score (nSPS) is 19.2. The monoisotopic (exact) mass is 303 g/mol. The molecule has 1 atom stereocenters. The van der Waals surface area contributed by atoms with Crippen LogP contribution in [0, 0.1) is 0 Å². The largest absolute Gasteiger partial charge is 0.374 e. The van der Waals surface area contributed by atoms with Crippen LogP contribution in [0.3, 0.4) is 0 Å². The number of morpholine rings is 1. The highest BCUT2D eigenvalue weighted by atomic mass is 16.5. The first-order chi connectivity index (χ1) is 10.8. The van der Waals surface area contributed by atoms with Gasteiger partial charge in [0.05, 0.1) is 19.3 Å². The van der Waals surface area contributed by atoms with Gasteiger partial charge < -0.3 is 9.64 Å². The second-order valence-electron chi connectivity index (χ2n) is 5.41. The van der Waals surface area contributed by atoms with Crippen LogP contribution in [0.5, 0.6) is 0 Å². The first-order valence-electron chi connectivity index (χ1n) is 7.46. The van der Waals surface area contributed by atoms with Crippen molar-refractivity contribution in [2.75, 3.05) is 44.7 Å². The standard InChI is InChI=1S/C14H21N7O/c1-19(14-3-2-4-16-18-14)9-13-10-20(7-8-22-13)5-6-21-12-15-11-17-21/h2-4,11-13H,5-10H2,1H3/t13-/m0/s1. The lowest BCUT2D eigenvalue weighted by Gasteiger charge is -2.34. The fourth-order valence-corrected chi connectivity index (χ4v) is 2.58. The lowest BCUT2D eigenvalue weighted by atomic mass is 10.2. The van der Waals surface area contributed by atoms with Gasteiger partial charge in [-0.05, 0) is 12.1 Å². The summed E-state index contributed by atoms with van der Waals surface area (Å²) in [6.07, 6.45) is 5.18. The molecule has 0 aromatic carbocycles. The molecule has 0 unspecified atom stereocenters.